The summed E-state index contributed by atoms with van der Waals surface area (Å²) in [6, 6.07) is 13.5. The van der Waals surface area contributed by atoms with Crippen LogP contribution in [0.4, 0.5) is 5.69 Å². The van der Waals surface area contributed by atoms with Gasteiger partial charge >= 0.3 is 5.97 Å². The number of hydrogen-bond acceptors (Lipinski definition) is 5. The monoisotopic (exact) mass is 427 g/mol. The van der Waals surface area contributed by atoms with Gasteiger partial charge in [-0.1, -0.05) is 37.6 Å². The van der Waals surface area contributed by atoms with Crippen LogP contribution in [0.1, 0.15) is 50.3 Å². The largest absolute Gasteiger partial charge is 0.490 e. The minimum Gasteiger partial charge on any atom is -0.490 e. The molecule has 31 heavy (non-hydrogen) atoms. The van der Waals surface area contributed by atoms with Gasteiger partial charge in [0, 0.05) is 24.8 Å². The fraction of sp³-hybridized carbons (Fsp3) is 0.400. The van der Waals surface area contributed by atoms with Crippen molar-refractivity contribution in [1.29, 1.82) is 0 Å². The van der Waals surface area contributed by atoms with E-state index in [9.17, 15) is 4.79 Å². The second-order valence-electron chi connectivity index (χ2n) is 7.17. The lowest BCUT2D eigenvalue weighted by Crippen LogP contribution is -2.07. The van der Waals surface area contributed by atoms with E-state index in [-0.39, 0.29) is 6.10 Å². The molecule has 0 fully saturated rings. The molecule has 6 heteroatoms. The molecule has 0 amide bonds. The Balaban J connectivity index is 2.13. The molecule has 0 aromatic heterocycles. The summed E-state index contributed by atoms with van der Waals surface area (Å²) in [7, 11) is 0. The van der Waals surface area contributed by atoms with Gasteiger partial charge in [0.2, 0.25) is 0 Å². The molecule has 0 saturated carbocycles. The van der Waals surface area contributed by atoms with Crippen LogP contribution in [-0.4, -0.2) is 30.9 Å². The fourth-order valence-electron chi connectivity index (χ4n) is 3.10. The second kappa shape index (κ2) is 13.3. The molecule has 2 rings (SSSR count). The Kier molecular flexibility index (Phi) is 10.4. The summed E-state index contributed by atoms with van der Waals surface area (Å²) in [6.45, 7) is 5.66. The maximum atomic E-state index is 10.8. The van der Waals surface area contributed by atoms with Gasteiger partial charge in [-0.25, -0.2) is 4.79 Å². The van der Waals surface area contributed by atoms with Crippen LogP contribution < -0.4 is 15.2 Å². The van der Waals surface area contributed by atoms with E-state index >= 15 is 0 Å². The molecule has 0 aliphatic heterocycles. The first-order valence-electron chi connectivity index (χ1n) is 10.8. The van der Waals surface area contributed by atoms with E-state index in [1.54, 1.807) is 6.08 Å². The van der Waals surface area contributed by atoms with Crippen LogP contribution in [0.2, 0.25) is 0 Å². The second-order valence-corrected chi connectivity index (χ2v) is 7.17. The number of hydrogen-bond donors (Lipinski definition) is 2. The van der Waals surface area contributed by atoms with Gasteiger partial charge < -0.3 is 25.1 Å². The number of carbonyl (C=O) groups is 1. The summed E-state index contributed by atoms with van der Waals surface area (Å²) in [5, 5.41) is 8.84. The van der Waals surface area contributed by atoms with Crippen molar-refractivity contribution in [2.45, 2.75) is 45.6 Å². The molecule has 6 nitrogen and oxygen atoms in total. The van der Waals surface area contributed by atoms with E-state index in [0.717, 1.165) is 42.2 Å². The highest BCUT2D eigenvalue weighted by Crippen LogP contribution is 2.33. The molecule has 1 unspecified atom stereocenters. The number of benzene rings is 2. The molecular weight excluding hydrogens is 394 g/mol. The Morgan fingerprint density at radius 2 is 1.90 bits per heavy atom. The molecule has 0 radical (unpaired) electrons. The molecule has 2 aromatic rings. The van der Waals surface area contributed by atoms with Gasteiger partial charge in [0.25, 0.3) is 0 Å². The van der Waals surface area contributed by atoms with Crippen molar-refractivity contribution in [3.05, 3.63) is 65.7 Å². The summed E-state index contributed by atoms with van der Waals surface area (Å²) < 4.78 is 17.8. The van der Waals surface area contributed by atoms with Crippen molar-refractivity contribution in [3.8, 4) is 11.5 Å². The molecule has 168 valence electrons. The van der Waals surface area contributed by atoms with E-state index in [0.29, 0.717) is 37.7 Å². The normalized spacial score (nSPS) is 12.1. The lowest BCUT2D eigenvalue weighted by Gasteiger charge is -2.19. The fourth-order valence-corrected chi connectivity index (χ4v) is 3.10. The Bertz CT molecular complexity index is 850. The van der Waals surface area contributed by atoms with E-state index in [1.807, 2.05) is 49.4 Å². The molecule has 0 spiro atoms. The number of carboxylic acids is 1. The predicted molar refractivity (Wildman–Crippen MR) is 123 cm³/mol. The van der Waals surface area contributed by atoms with Gasteiger partial charge in [0.15, 0.2) is 11.5 Å². The van der Waals surface area contributed by atoms with Gasteiger partial charge in [0.1, 0.15) is 0 Å². The molecular formula is C25H33NO5. The highest BCUT2D eigenvalue weighted by atomic mass is 16.5. The Morgan fingerprint density at radius 3 is 2.61 bits per heavy atom. The first-order chi connectivity index (χ1) is 15.0. The Labute approximate surface area is 184 Å². The Hall–Kier alpha value is -2.99. The number of nitrogens with two attached hydrogens (primary N) is 1. The van der Waals surface area contributed by atoms with Gasteiger partial charge in [-0.05, 0) is 55.2 Å². The van der Waals surface area contributed by atoms with Gasteiger partial charge in [-0.2, -0.15) is 0 Å². The minimum atomic E-state index is -0.970. The van der Waals surface area contributed by atoms with Crippen molar-refractivity contribution in [2.75, 3.05) is 25.6 Å². The smallest absolute Gasteiger partial charge is 0.327 e. The van der Waals surface area contributed by atoms with Crippen molar-refractivity contribution < 1.29 is 24.1 Å². The van der Waals surface area contributed by atoms with Crippen molar-refractivity contribution in [1.82, 2.24) is 0 Å². The van der Waals surface area contributed by atoms with Gasteiger partial charge in [-0.15, -0.1) is 0 Å². The number of carboxylic acid groups (broad SMARTS) is 1. The molecule has 2 aromatic carbocycles. The standard InChI is InChI=1S/C25H33NO5/c1-3-5-15-30-24-18-20(22(29-4-2)10-7-11-25(27)28)12-13-23(24)31-16-14-19-8-6-9-21(26)17-19/h6-9,11-13,17-18,22H,3-5,10,14-16,26H2,1-2H3,(H,27,28). The van der Waals surface area contributed by atoms with Crippen LogP contribution in [0, 0.1) is 0 Å². The van der Waals surface area contributed by atoms with Crippen LogP contribution in [0.25, 0.3) is 0 Å². The first kappa shape index (κ1) is 24.3. The third kappa shape index (κ3) is 8.72. The van der Waals surface area contributed by atoms with Gasteiger partial charge in [-0.3, -0.25) is 0 Å². The number of nitrogen functional groups attached to an aromatic ring is 1. The summed E-state index contributed by atoms with van der Waals surface area (Å²) in [5.74, 6) is 0.383. The lowest BCUT2D eigenvalue weighted by molar-refractivity contribution is -0.131. The zero-order valence-corrected chi connectivity index (χ0v) is 18.4. The summed E-state index contributed by atoms with van der Waals surface area (Å²) in [4.78, 5) is 10.8. The van der Waals surface area contributed by atoms with Crippen molar-refractivity contribution >= 4 is 11.7 Å². The number of unbranched alkanes of at least 4 members (excludes halogenated alkanes) is 1. The number of aliphatic carboxylic acids is 1. The zero-order valence-electron chi connectivity index (χ0n) is 18.4. The van der Waals surface area contributed by atoms with E-state index in [2.05, 4.69) is 6.92 Å². The first-order valence-corrected chi connectivity index (χ1v) is 10.8. The summed E-state index contributed by atoms with van der Waals surface area (Å²) in [5.41, 5.74) is 8.62. The quantitative estimate of drug-likeness (QED) is 0.245. The predicted octanol–water partition coefficient (Wildman–Crippen LogP) is 5.18. The third-order valence-corrected chi connectivity index (χ3v) is 4.67. The van der Waals surface area contributed by atoms with Crippen LogP contribution in [0.15, 0.2) is 54.6 Å². The zero-order chi connectivity index (χ0) is 22.5. The molecule has 3 N–H and O–H groups in total. The molecule has 1 atom stereocenters. The number of ether oxygens (including phenoxy) is 3. The average molecular weight is 428 g/mol. The SMILES string of the molecule is CCCCOc1cc(C(CC=CC(=O)O)OCC)ccc1OCCc1cccc(N)c1. The van der Waals surface area contributed by atoms with Crippen LogP contribution >= 0.6 is 0 Å². The molecule has 0 aliphatic rings. The summed E-state index contributed by atoms with van der Waals surface area (Å²) >= 11 is 0. The maximum Gasteiger partial charge on any atom is 0.327 e. The van der Waals surface area contributed by atoms with E-state index < -0.39 is 5.97 Å². The topological polar surface area (TPSA) is 91.0 Å². The van der Waals surface area contributed by atoms with Gasteiger partial charge in [0.05, 0.1) is 19.3 Å². The number of anilines is 1. The lowest BCUT2D eigenvalue weighted by atomic mass is 10.1. The van der Waals surface area contributed by atoms with Crippen molar-refractivity contribution in [2.24, 2.45) is 0 Å². The average Bonchev–Trinajstić information content (AvgIpc) is 2.74. The van der Waals surface area contributed by atoms with Crippen LogP contribution in [0.5, 0.6) is 11.5 Å². The maximum absolute atomic E-state index is 10.8. The molecule has 0 aliphatic carbocycles. The van der Waals surface area contributed by atoms with E-state index in [1.165, 1.54) is 0 Å². The van der Waals surface area contributed by atoms with E-state index in [4.69, 9.17) is 25.1 Å². The minimum absolute atomic E-state index is 0.254. The molecule has 0 heterocycles. The van der Waals surface area contributed by atoms with Crippen molar-refractivity contribution in [3.63, 3.8) is 0 Å². The van der Waals surface area contributed by atoms with Crippen LogP contribution in [0.3, 0.4) is 0 Å². The third-order valence-electron chi connectivity index (χ3n) is 4.67. The molecule has 0 bridgehead atoms. The molecule has 0 saturated heterocycles. The highest BCUT2D eigenvalue weighted by molar-refractivity contribution is 5.79. The highest BCUT2D eigenvalue weighted by Gasteiger charge is 2.15. The number of rotatable bonds is 14. The summed E-state index contributed by atoms with van der Waals surface area (Å²) in [6.07, 6.45) is 5.67. The Morgan fingerprint density at radius 1 is 1.10 bits per heavy atom. The van der Waals surface area contributed by atoms with Crippen LogP contribution in [-0.2, 0) is 16.0 Å².